The molecule has 27 heavy (non-hydrogen) atoms. The molecule has 0 aromatic carbocycles. The van der Waals surface area contributed by atoms with E-state index in [2.05, 4.69) is 39.6 Å². The number of hydrogen-bond acceptors (Lipinski definition) is 4. The van der Waals surface area contributed by atoms with Crippen molar-refractivity contribution >= 4 is 27.5 Å². The van der Waals surface area contributed by atoms with Crippen LogP contribution in [0.1, 0.15) is 64.3 Å². The second-order valence-electron chi connectivity index (χ2n) is 8.03. The smallest absolute Gasteiger partial charge is 0.262 e. The van der Waals surface area contributed by atoms with Crippen LogP contribution >= 0.6 is 11.3 Å². The third-order valence-corrected chi connectivity index (χ3v) is 7.17. The molecule has 148 valence electrons. The van der Waals surface area contributed by atoms with Crippen LogP contribution in [0.15, 0.2) is 11.1 Å². The molecule has 0 fully saturated rings. The summed E-state index contributed by atoms with van der Waals surface area (Å²) >= 11 is 1.65. The van der Waals surface area contributed by atoms with Gasteiger partial charge < -0.3 is 4.90 Å². The van der Waals surface area contributed by atoms with Crippen molar-refractivity contribution in [3.8, 4) is 0 Å². The number of thiophene rings is 1. The number of carbonyl (C=O) groups excluding carboxylic acids is 1. The molecule has 0 saturated heterocycles. The molecule has 5 nitrogen and oxygen atoms in total. The molecular weight excluding hydrogens is 358 g/mol. The standard InChI is InChI=1S/C21H31N3O2S/c1-6-14(4)24(15(5)7-2)18(25)11-23-12-22-20-19(21(23)26)16-9-8-13(3)10-17(16)27-20/h12-15H,6-11H2,1-5H3/t13-,14+,15+/m1/s1. The minimum absolute atomic E-state index is 0.000306. The third-order valence-electron chi connectivity index (χ3n) is 6.01. The fourth-order valence-corrected chi connectivity index (χ4v) is 5.37. The first-order valence-electron chi connectivity index (χ1n) is 10.2. The number of rotatable bonds is 6. The Morgan fingerprint density at radius 3 is 2.63 bits per heavy atom. The topological polar surface area (TPSA) is 55.2 Å². The van der Waals surface area contributed by atoms with Gasteiger partial charge in [-0.1, -0.05) is 20.8 Å². The van der Waals surface area contributed by atoms with Gasteiger partial charge in [-0.25, -0.2) is 4.98 Å². The second kappa shape index (κ2) is 8.13. The van der Waals surface area contributed by atoms with Crippen LogP contribution in [-0.2, 0) is 24.2 Å². The van der Waals surface area contributed by atoms with Gasteiger partial charge in [-0.05, 0) is 57.4 Å². The van der Waals surface area contributed by atoms with E-state index in [4.69, 9.17) is 0 Å². The molecule has 6 heteroatoms. The van der Waals surface area contributed by atoms with Crippen LogP contribution < -0.4 is 5.56 Å². The van der Waals surface area contributed by atoms with Crippen LogP contribution in [0.25, 0.3) is 10.2 Å². The Bertz CT molecular complexity index is 875. The maximum Gasteiger partial charge on any atom is 0.262 e. The average molecular weight is 390 g/mol. The summed E-state index contributed by atoms with van der Waals surface area (Å²) in [6.07, 6.45) is 6.44. The lowest BCUT2D eigenvalue weighted by Crippen LogP contribution is -2.46. The number of amides is 1. The molecule has 1 aliphatic rings. The zero-order valence-electron chi connectivity index (χ0n) is 17.1. The lowest BCUT2D eigenvalue weighted by Gasteiger charge is -2.34. The van der Waals surface area contributed by atoms with Gasteiger partial charge in [0, 0.05) is 17.0 Å². The van der Waals surface area contributed by atoms with Crippen molar-refractivity contribution in [2.45, 2.75) is 85.4 Å². The number of aromatic nitrogens is 2. The molecule has 3 atom stereocenters. The molecule has 0 bridgehead atoms. The summed E-state index contributed by atoms with van der Waals surface area (Å²) in [4.78, 5) is 34.7. The third kappa shape index (κ3) is 3.82. The Morgan fingerprint density at radius 1 is 1.33 bits per heavy atom. The highest BCUT2D eigenvalue weighted by atomic mass is 32.1. The van der Waals surface area contributed by atoms with E-state index in [0.29, 0.717) is 5.92 Å². The van der Waals surface area contributed by atoms with Crippen molar-refractivity contribution in [2.75, 3.05) is 0 Å². The number of aryl methyl sites for hydroxylation is 1. The van der Waals surface area contributed by atoms with Crippen LogP contribution in [0.5, 0.6) is 0 Å². The van der Waals surface area contributed by atoms with Crippen LogP contribution in [0.4, 0.5) is 0 Å². The molecule has 0 N–H and O–H groups in total. The lowest BCUT2D eigenvalue weighted by molar-refractivity contribution is -0.136. The van der Waals surface area contributed by atoms with Gasteiger partial charge in [-0.2, -0.15) is 0 Å². The molecule has 0 radical (unpaired) electrons. The van der Waals surface area contributed by atoms with Gasteiger partial charge in [0.25, 0.3) is 5.56 Å². The molecule has 2 heterocycles. The molecule has 0 saturated carbocycles. The molecule has 2 aromatic heterocycles. The fourth-order valence-electron chi connectivity index (χ4n) is 4.03. The van der Waals surface area contributed by atoms with Crippen LogP contribution in [0.2, 0.25) is 0 Å². The summed E-state index contributed by atoms with van der Waals surface area (Å²) in [7, 11) is 0. The van der Waals surface area contributed by atoms with Gasteiger partial charge >= 0.3 is 0 Å². The van der Waals surface area contributed by atoms with Crippen molar-refractivity contribution in [2.24, 2.45) is 5.92 Å². The largest absolute Gasteiger partial charge is 0.336 e. The predicted octanol–water partition coefficient (Wildman–Crippen LogP) is 4.01. The first kappa shape index (κ1) is 20.1. The minimum Gasteiger partial charge on any atom is -0.336 e. The Hall–Kier alpha value is -1.69. The maximum absolute atomic E-state index is 13.1. The van der Waals surface area contributed by atoms with E-state index >= 15 is 0 Å². The SMILES string of the molecule is CC[C@H](C)N(C(=O)Cn1cnc2sc3c(c2c1=O)CC[C@@H](C)C3)[C@@H](C)CC. The van der Waals surface area contributed by atoms with Crippen LogP contribution in [-0.4, -0.2) is 32.4 Å². The van der Waals surface area contributed by atoms with Gasteiger partial charge in [0.2, 0.25) is 5.91 Å². The summed E-state index contributed by atoms with van der Waals surface area (Å²) < 4.78 is 1.51. The molecule has 1 amide bonds. The highest BCUT2D eigenvalue weighted by Crippen LogP contribution is 2.35. The van der Waals surface area contributed by atoms with Crippen LogP contribution in [0, 0.1) is 5.92 Å². The van der Waals surface area contributed by atoms with Gasteiger partial charge in [-0.3, -0.25) is 14.2 Å². The van der Waals surface area contributed by atoms with Gasteiger partial charge in [0.1, 0.15) is 11.4 Å². The monoisotopic (exact) mass is 389 g/mol. The Morgan fingerprint density at radius 2 is 2.00 bits per heavy atom. The molecular formula is C21H31N3O2S. The summed E-state index contributed by atoms with van der Waals surface area (Å²) in [6.45, 7) is 10.7. The Kier molecular flexibility index (Phi) is 6.04. The fraction of sp³-hybridized carbons (Fsp3) is 0.667. The van der Waals surface area contributed by atoms with E-state index in [1.165, 1.54) is 15.0 Å². The lowest BCUT2D eigenvalue weighted by atomic mass is 9.89. The highest BCUT2D eigenvalue weighted by molar-refractivity contribution is 7.18. The summed E-state index contributed by atoms with van der Waals surface area (Å²) in [6, 6.07) is 0.325. The van der Waals surface area contributed by atoms with E-state index in [9.17, 15) is 9.59 Å². The molecule has 1 aliphatic carbocycles. The van der Waals surface area contributed by atoms with E-state index < -0.39 is 0 Å². The van der Waals surface area contributed by atoms with Gasteiger partial charge in [0.05, 0.1) is 11.7 Å². The van der Waals surface area contributed by atoms with Gasteiger partial charge in [-0.15, -0.1) is 11.3 Å². The van der Waals surface area contributed by atoms with E-state index in [1.54, 1.807) is 17.7 Å². The average Bonchev–Trinajstić information content (AvgIpc) is 3.01. The number of fused-ring (bicyclic) bond motifs is 3. The predicted molar refractivity (Wildman–Crippen MR) is 111 cm³/mol. The molecule has 0 aliphatic heterocycles. The minimum atomic E-state index is -0.0614. The first-order chi connectivity index (χ1) is 12.9. The van der Waals surface area contributed by atoms with E-state index in [-0.39, 0.29) is 30.1 Å². The van der Waals surface area contributed by atoms with E-state index in [1.807, 2.05) is 4.90 Å². The summed E-state index contributed by atoms with van der Waals surface area (Å²) in [5, 5.41) is 0.746. The Balaban J connectivity index is 1.94. The van der Waals surface area contributed by atoms with Crippen molar-refractivity contribution in [1.29, 1.82) is 0 Å². The van der Waals surface area contributed by atoms with Crippen molar-refractivity contribution in [3.05, 3.63) is 27.1 Å². The zero-order valence-corrected chi connectivity index (χ0v) is 17.9. The van der Waals surface area contributed by atoms with Crippen molar-refractivity contribution in [1.82, 2.24) is 14.5 Å². The molecule has 0 spiro atoms. The second-order valence-corrected chi connectivity index (χ2v) is 9.11. The molecule has 2 aromatic rings. The van der Waals surface area contributed by atoms with E-state index in [0.717, 1.165) is 42.3 Å². The van der Waals surface area contributed by atoms with Gasteiger partial charge in [0.15, 0.2) is 0 Å². The number of carbonyl (C=O) groups is 1. The summed E-state index contributed by atoms with van der Waals surface area (Å²) in [5.41, 5.74) is 1.11. The maximum atomic E-state index is 13.1. The summed E-state index contributed by atoms with van der Waals surface area (Å²) in [5.74, 6) is 0.661. The molecule has 0 unspecified atom stereocenters. The normalized spacial score (nSPS) is 18.9. The van der Waals surface area contributed by atoms with Crippen molar-refractivity contribution < 1.29 is 4.79 Å². The highest BCUT2D eigenvalue weighted by Gasteiger charge is 2.26. The number of hydrogen-bond donors (Lipinski definition) is 0. The van der Waals surface area contributed by atoms with Crippen LogP contribution in [0.3, 0.4) is 0 Å². The quantitative estimate of drug-likeness (QED) is 0.750. The first-order valence-corrected chi connectivity index (χ1v) is 11.0. The number of nitrogens with zero attached hydrogens (tertiary/aromatic N) is 3. The van der Waals surface area contributed by atoms with Crippen molar-refractivity contribution in [3.63, 3.8) is 0 Å². The zero-order chi connectivity index (χ0) is 19.7. The Labute approximate surface area is 165 Å². The molecule has 3 rings (SSSR count).